The predicted octanol–water partition coefficient (Wildman–Crippen LogP) is 3.83. The van der Waals surface area contributed by atoms with Crippen LogP contribution in [0.3, 0.4) is 0 Å². The number of rotatable bonds is 5. The molecule has 2 rings (SSSR count). The smallest absolute Gasteiger partial charge is 0.269 e. The van der Waals surface area contributed by atoms with Crippen molar-refractivity contribution in [2.45, 2.75) is 12.8 Å². The number of carbonyl (C=O) groups is 3. The summed E-state index contributed by atoms with van der Waals surface area (Å²) >= 11 is 17.5. The molecule has 0 saturated carbocycles. The monoisotopic (exact) mass is 413 g/mol. The van der Waals surface area contributed by atoms with Gasteiger partial charge >= 0.3 is 0 Å². The lowest BCUT2D eigenvalue weighted by Crippen LogP contribution is -2.41. The molecule has 0 aliphatic rings. The molecule has 0 bridgehead atoms. The molecule has 0 fully saturated rings. The van der Waals surface area contributed by atoms with Crippen molar-refractivity contribution in [3.8, 4) is 0 Å². The summed E-state index contributed by atoms with van der Waals surface area (Å²) in [7, 11) is 0. The molecule has 0 heterocycles. The summed E-state index contributed by atoms with van der Waals surface area (Å²) < 4.78 is 0. The molecule has 3 amide bonds. The summed E-state index contributed by atoms with van der Waals surface area (Å²) in [6.07, 6.45) is -0.204. The lowest BCUT2D eigenvalue weighted by Gasteiger charge is -2.09. The van der Waals surface area contributed by atoms with Crippen LogP contribution < -0.4 is 16.2 Å². The van der Waals surface area contributed by atoms with Crippen LogP contribution >= 0.6 is 34.8 Å². The molecule has 26 heavy (non-hydrogen) atoms. The van der Waals surface area contributed by atoms with Gasteiger partial charge in [0, 0.05) is 28.5 Å². The van der Waals surface area contributed by atoms with Crippen LogP contribution in [0.1, 0.15) is 23.2 Å². The van der Waals surface area contributed by atoms with Gasteiger partial charge in [-0.1, -0.05) is 40.9 Å². The second kappa shape index (κ2) is 9.43. The lowest BCUT2D eigenvalue weighted by atomic mass is 10.2. The predicted molar refractivity (Wildman–Crippen MR) is 101 cm³/mol. The van der Waals surface area contributed by atoms with E-state index in [0.29, 0.717) is 26.3 Å². The average molecular weight is 415 g/mol. The number of carbonyl (C=O) groups excluding carboxylic acids is 3. The number of benzene rings is 2. The lowest BCUT2D eigenvalue weighted by molar-refractivity contribution is -0.124. The Balaban J connectivity index is 1.76. The van der Waals surface area contributed by atoms with E-state index in [9.17, 15) is 14.4 Å². The first-order chi connectivity index (χ1) is 12.3. The molecule has 0 saturated heterocycles. The molecular formula is C17H14Cl3N3O3. The fourth-order valence-corrected chi connectivity index (χ4v) is 2.57. The molecule has 6 nitrogen and oxygen atoms in total. The Labute approximate surface area is 164 Å². The van der Waals surface area contributed by atoms with Gasteiger partial charge in [0.2, 0.25) is 11.8 Å². The largest absolute Gasteiger partial charge is 0.325 e. The third-order valence-electron chi connectivity index (χ3n) is 3.19. The average Bonchev–Trinajstić information content (AvgIpc) is 2.60. The van der Waals surface area contributed by atoms with Crippen LogP contribution in [0.15, 0.2) is 42.5 Å². The number of hydrogen-bond donors (Lipinski definition) is 3. The summed E-state index contributed by atoms with van der Waals surface area (Å²) in [5.41, 5.74) is 5.18. The summed E-state index contributed by atoms with van der Waals surface area (Å²) in [5.74, 6) is -1.43. The quantitative estimate of drug-likeness (QED) is 0.650. The molecule has 0 spiro atoms. The van der Waals surface area contributed by atoms with Gasteiger partial charge in [-0.3, -0.25) is 25.2 Å². The summed E-state index contributed by atoms with van der Waals surface area (Å²) in [4.78, 5) is 35.5. The summed E-state index contributed by atoms with van der Waals surface area (Å²) in [6, 6.07) is 10.9. The van der Waals surface area contributed by atoms with Gasteiger partial charge in [0.15, 0.2) is 0 Å². The van der Waals surface area contributed by atoms with Crippen LogP contribution in [0, 0.1) is 0 Å². The van der Waals surface area contributed by atoms with Crippen molar-refractivity contribution in [3.63, 3.8) is 0 Å². The van der Waals surface area contributed by atoms with Gasteiger partial charge in [-0.25, -0.2) is 0 Å². The Morgan fingerprint density at radius 3 is 2.19 bits per heavy atom. The van der Waals surface area contributed by atoms with Crippen LogP contribution in [-0.4, -0.2) is 17.7 Å². The number of anilines is 1. The van der Waals surface area contributed by atoms with Crippen LogP contribution in [0.2, 0.25) is 15.1 Å². The van der Waals surface area contributed by atoms with Crippen LogP contribution in [0.5, 0.6) is 0 Å². The highest BCUT2D eigenvalue weighted by Crippen LogP contribution is 2.25. The first-order valence-corrected chi connectivity index (χ1v) is 8.58. The van der Waals surface area contributed by atoms with E-state index in [4.69, 9.17) is 34.8 Å². The maximum atomic E-state index is 11.9. The maximum absolute atomic E-state index is 11.9. The molecular weight excluding hydrogens is 401 g/mol. The minimum absolute atomic E-state index is 0.0855. The molecule has 0 atom stereocenters. The van der Waals surface area contributed by atoms with Gasteiger partial charge in [0.1, 0.15) is 0 Å². The molecule has 0 aliphatic carbocycles. The second-order valence-electron chi connectivity index (χ2n) is 5.18. The van der Waals surface area contributed by atoms with Gasteiger partial charge in [-0.2, -0.15) is 0 Å². The minimum Gasteiger partial charge on any atom is -0.325 e. The molecule has 0 unspecified atom stereocenters. The number of halogens is 3. The van der Waals surface area contributed by atoms with E-state index in [0.717, 1.165) is 0 Å². The van der Waals surface area contributed by atoms with Crippen LogP contribution in [0.4, 0.5) is 5.69 Å². The van der Waals surface area contributed by atoms with Gasteiger partial charge in [0.25, 0.3) is 5.91 Å². The van der Waals surface area contributed by atoms with E-state index in [1.165, 1.54) is 12.1 Å². The highest BCUT2D eigenvalue weighted by atomic mass is 35.5. The maximum Gasteiger partial charge on any atom is 0.269 e. The molecule has 136 valence electrons. The fourth-order valence-electron chi connectivity index (χ4n) is 1.92. The Bertz CT molecular complexity index is 843. The zero-order valence-corrected chi connectivity index (χ0v) is 15.6. The van der Waals surface area contributed by atoms with E-state index >= 15 is 0 Å². The normalized spacial score (nSPS) is 10.1. The fraction of sp³-hybridized carbons (Fsp3) is 0.118. The highest BCUT2D eigenvalue weighted by molar-refractivity contribution is 6.36. The van der Waals surface area contributed by atoms with Gasteiger partial charge in [-0.15, -0.1) is 0 Å². The topological polar surface area (TPSA) is 87.3 Å². The molecule has 2 aromatic rings. The number of hydrazine groups is 1. The van der Waals surface area contributed by atoms with Crippen molar-refractivity contribution < 1.29 is 14.4 Å². The van der Waals surface area contributed by atoms with E-state index in [1.807, 2.05) is 0 Å². The van der Waals surface area contributed by atoms with Crippen molar-refractivity contribution in [1.82, 2.24) is 10.9 Å². The highest BCUT2D eigenvalue weighted by Gasteiger charge is 2.11. The minimum atomic E-state index is -0.516. The van der Waals surface area contributed by atoms with Crippen LogP contribution in [0.25, 0.3) is 0 Å². The van der Waals surface area contributed by atoms with Crippen molar-refractivity contribution >= 4 is 58.2 Å². The van der Waals surface area contributed by atoms with E-state index in [-0.39, 0.29) is 12.8 Å². The summed E-state index contributed by atoms with van der Waals surface area (Å²) in [5, 5.41) is 3.72. The SMILES string of the molecule is O=C(CCC(=O)Nc1ccc(Cl)cc1Cl)NNC(=O)c1cccc(Cl)c1. The Kier molecular flexibility index (Phi) is 7.26. The molecule has 0 aromatic heterocycles. The molecule has 2 aromatic carbocycles. The van der Waals surface area contributed by atoms with Crippen molar-refractivity contribution in [1.29, 1.82) is 0 Å². The van der Waals surface area contributed by atoms with Gasteiger partial charge in [-0.05, 0) is 36.4 Å². The standard InChI is InChI=1S/C17H14Cl3N3O3/c18-11-3-1-2-10(8-11)17(26)23-22-16(25)7-6-15(24)21-14-5-4-12(19)9-13(14)20/h1-5,8-9H,6-7H2,(H,21,24)(H,22,25)(H,23,26). The Morgan fingerprint density at radius 1 is 0.808 bits per heavy atom. The number of amides is 3. The van der Waals surface area contributed by atoms with Crippen molar-refractivity contribution in [2.75, 3.05) is 5.32 Å². The Morgan fingerprint density at radius 2 is 1.50 bits per heavy atom. The van der Waals surface area contributed by atoms with Gasteiger partial charge in [0.05, 0.1) is 10.7 Å². The van der Waals surface area contributed by atoms with E-state index < -0.39 is 17.7 Å². The number of nitrogens with one attached hydrogen (secondary N) is 3. The second-order valence-corrected chi connectivity index (χ2v) is 6.47. The molecule has 9 heteroatoms. The zero-order chi connectivity index (χ0) is 19.1. The molecule has 0 aliphatic heterocycles. The van der Waals surface area contributed by atoms with Crippen LogP contribution in [-0.2, 0) is 9.59 Å². The van der Waals surface area contributed by atoms with E-state index in [1.54, 1.807) is 30.3 Å². The zero-order valence-electron chi connectivity index (χ0n) is 13.3. The number of hydrogen-bond acceptors (Lipinski definition) is 3. The Hall–Kier alpha value is -2.28. The van der Waals surface area contributed by atoms with Crippen molar-refractivity contribution in [2.24, 2.45) is 0 Å². The first kappa shape index (κ1) is 20.0. The van der Waals surface area contributed by atoms with Gasteiger partial charge < -0.3 is 5.32 Å². The van der Waals surface area contributed by atoms with Crippen molar-refractivity contribution in [3.05, 3.63) is 63.1 Å². The molecule has 0 radical (unpaired) electrons. The first-order valence-electron chi connectivity index (χ1n) is 7.45. The third-order valence-corrected chi connectivity index (χ3v) is 3.97. The van der Waals surface area contributed by atoms with E-state index in [2.05, 4.69) is 16.2 Å². The summed E-state index contributed by atoms with van der Waals surface area (Å²) in [6.45, 7) is 0. The molecule has 3 N–H and O–H groups in total. The third kappa shape index (κ3) is 6.22.